The van der Waals surface area contributed by atoms with E-state index < -0.39 is 0 Å². The van der Waals surface area contributed by atoms with Crippen molar-refractivity contribution in [2.45, 2.75) is 30.4 Å². The molecule has 0 radical (unpaired) electrons. The van der Waals surface area contributed by atoms with Gasteiger partial charge in [-0.25, -0.2) is 5.43 Å². The summed E-state index contributed by atoms with van der Waals surface area (Å²) >= 11 is 3.60. The van der Waals surface area contributed by atoms with Crippen molar-refractivity contribution in [1.82, 2.24) is 25.6 Å². The summed E-state index contributed by atoms with van der Waals surface area (Å²) in [6.07, 6.45) is 3.65. The van der Waals surface area contributed by atoms with E-state index in [0.717, 1.165) is 32.7 Å². The number of hydrazine groups is 1. The number of nitrogens with one attached hydrogen (secondary N) is 2. The van der Waals surface area contributed by atoms with E-state index in [1.165, 1.54) is 5.56 Å². The lowest BCUT2D eigenvalue weighted by molar-refractivity contribution is -0.134. The van der Waals surface area contributed by atoms with Crippen LogP contribution in [0.4, 0.5) is 0 Å². The van der Waals surface area contributed by atoms with Crippen LogP contribution in [0.1, 0.15) is 12.5 Å². The molecule has 120 valence electrons. The molecule has 1 amide bonds. The Labute approximate surface area is 139 Å². The molecule has 0 spiro atoms. The van der Waals surface area contributed by atoms with Gasteiger partial charge >= 0.3 is 0 Å². The summed E-state index contributed by atoms with van der Waals surface area (Å²) in [7, 11) is 0. The molecule has 3 heterocycles. The number of carbonyl (C=O) groups excluding carboxylic acids is 1. The number of piperazine rings is 1. The first kappa shape index (κ1) is 15.9. The first-order valence-electron chi connectivity index (χ1n) is 7.70. The number of rotatable bonds is 3. The largest absolute Gasteiger partial charge is 0.339 e. The highest BCUT2D eigenvalue weighted by atomic mass is 79.9. The van der Waals surface area contributed by atoms with Gasteiger partial charge in [-0.1, -0.05) is 15.9 Å². The molecule has 0 bridgehead atoms. The molecule has 2 fully saturated rings. The summed E-state index contributed by atoms with van der Waals surface area (Å²) in [4.78, 5) is 21.1. The van der Waals surface area contributed by atoms with Crippen molar-refractivity contribution in [3.63, 3.8) is 0 Å². The Bertz CT molecular complexity index is 506. The lowest BCUT2D eigenvalue weighted by Crippen LogP contribution is -2.54. The van der Waals surface area contributed by atoms with Crippen LogP contribution in [0.5, 0.6) is 0 Å². The molecule has 2 N–H and O–H groups in total. The second-order valence-electron chi connectivity index (χ2n) is 5.96. The second kappa shape index (κ2) is 7.04. The fourth-order valence-corrected chi connectivity index (χ4v) is 3.43. The predicted molar refractivity (Wildman–Crippen MR) is 88.3 cm³/mol. The lowest BCUT2D eigenvalue weighted by atomic mass is 10.1. The molecule has 6 nitrogen and oxygen atoms in total. The van der Waals surface area contributed by atoms with Gasteiger partial charge in [-0.05, 0) is 24.6 Å². The van der Waals surface area contributed by atoms with Gasteiger partial charge in [0.05, 0.1) is 4.83 Å². The van der Waals surface area contributed by atoms with E-state index in [1.54, 1.807) is 0 Å². The van der Waals surface area contributed by atoms with Crippen LogP contribution in [0.25, 0.3) is 0 Å². The summed E-state index contributed by atoms with van der Waals surface area (Å²) < 4.78 is 0. The van der Waals surface area contributed by atoms with E-state index in [9.17, 15) is 4.79 Å². The first-order valence-corrected chi connectivity index (χ1v) is 8.62. The normalized spacial score (nSPS) is 29.7. The van der Waals surface area contributed by atoms with Crippen molar-refractivity contribution in [2.24, 2.45) is 0 Å². The van der Waals surface area contributed by atoms with E-state index in [1.807, 2.05) is 29.4 Å². The molecule has 7 heteroatoms. The molecule has 2 aliphatic rings. The van der Waals surface area contributed by atoms with Crippen LogP contribution in [0.2, 0.25) is 0 Å². The Morgan fingerprint density at radius 1 is 1.27 bits per heavy atom. The standard InChI is InChI=1S/C15H22BrN5O/c1-11-13(16)14(19-18-11)15(22)21-8-6-20(7-9-21)10-12-2-4-17-5-3-12/h2-5,11,13-14,18-19H,6-10H2,1H3. The van der Waals surface area contributed by atoms with Crippen molar-refractivity contribution < 1.29 is 4.79 Å². The van der Waals surface area contributed by atoms with E-state index in [0.29, 0.717) is 0 Å². The molecular weight excluding hydrogens is 346 g/mol. The maximum atomic E-state index is 12.6. The maximum absolute atomic E-state index is 12.6. The highest BCUT2D eigenvalue weighted by Crippen LogP contribution is 2.18. The summed E-state index contributed by atoms with van der Waals surface area (Å²) in [5, 5.41) is 0. The third kappa shape index (κ3) is 3.48. The molecule has 2 saturated heterocycles. The molecule has 3 rings (SSSR count). The summed E-state index contributed by atoms with van der Waals surface area (Å²) in [6, 6.07) is 4.16. The van der Waals surface area contributed by atoms with Crippen molar-refractivity contribution in [2.75, 3.05) is 26.2 Å². The molecule has 0 aromatic carbocycles. The van der Waals surface area contributed by atoms with E-state index in [2.05, 4.69) is 43.6 Å². The van der Waals surface area contributed by atoms with Crippen molar-refractivity contribution in [3.05, 3.63) is 30.1 Å². The van der Waals surface area contributed by atoms with Gasteiger partial charge in [0.2, 0.25) is 5.91 Å². The van der Waals surface area contributed by atoms with E-state index in [4.69, 9.17) is 0 Å². The molecule has 3 atom stereocenters. The lowest BCUT2D eigenvalue weighted by Gasteiger charge is -2.36. The minimum Gasteiger partial charge on any atom is -0.339 e. The van der Waals surface area contributed by atoms with Gasteiger partial charge in [-0.3, -0.25) is 20.1 Å². The van der Waals surface area contributed by atoms with Crippen LogP contribution < -0.4 is 10.9 Å². The molecule has 0 aliphatic carbocycles. The van der Waals surface area contributed by atoms with Crippen LogP contribution in [-0.4, -0.2) is 63.8 Å². The Hall–Kier alpha value is -1.02. The third-order valence-corrected chi connectivity index (χ3v) is 5.69. The molecule has 1 aromatic heterocycles. The van der Waals surface area contributed by atoms with Gasteiger partial charge in [-0.15, -0.1) is 0 Å². The van der Waals surface area contributed by atoms with Crippen molar-refractivity contribution in [3.8, 4) is 0 Å². The molecular formula is C15H22BrN5O. The number of hydrogen-bond donors (Lipinski definition) is 2. The Morgan fingerprint density at radius 2 is 1.95 bits per heavy atom. The molecule has 3 unspecified atom stereocenters. The van der Waals surface area contributed by atoms with Gasteiger partial charge in [0.1, 0.15) is 6.04 Å². The highest BCUT2D eigenvalue weighted by Gasteiger charge is 2.38. The van der Waals surface area contributed by atoms with Gasteiger partial charge in [0, 0.05) is 51.2 Å². The summed E-state index contributed by atoms with van der Waals surface area (Å²) in [5.41, 5.74) is 7.48. The van der Waals surface area contributed by atoms with Gasteiger partial charge in [0.15, 0.2) is 0 Å². The minimum absolute atomic E-state index is 0.134. The van der Waals surface area contributed by atoms with Crippen LogP contribution in [-0.2, 0) is 11.3 Å². The number of aromatic nitrogens is 1. The topological polar surface area (TPSA) is 60.5 Å². The number of pyridine rings is 1. The SMILES string of the molecule is CC1NNC(C(=O)N2CCN(Cc3ccncc3)CC2)C1Br. The molecule has 2 aliphatic heterocycles. The van der Waals surface area contributed by atoms with Crippen LogP contribution in [0, 0.1) is 0 Å². The van der Waals surface area contributed by atoms with Gasteiger partial charge < -0.3 is 4.90 Å². The van der Waals surface area contributed by atoms with Gasteiger partial charge in [-0.2, -0.15) is 0 Å². The minimum atomic E-state index is -0.179. The number of alkyl halides is 1. The number of nitrogens with zero attached hydrogens (tertiary/aromatic N) is 3. The molecule has 22 heavy (non-hydrogen) atoms. The third-order valence-electron chi connectivity index (χ3n) is 4.37. The van der Waals surface area contributed by atoms with Crippen molar-refractivity contribution >= 4 is 21.8 Å². The molecule has 1 aromatic rings. The van der Waals surface area contributed by atoms with Crippen LogP contribution >= 0.6 is 15.9 Å². The number of halogens is 1. The predicted octanol–water partition coefficient (Wildman–Crippen LogP) is 0.354. The Morgan fingerprint density at radius 3 is 2.55 bits per heavy atom. The maximum Gasteiger partial charge on any atom is 0.242 e. The fourth-order valence-electron chi connectivity index (χ4n) is 2.94. The smallest absolute Gasteiger partial charge is 0.242 e. The second-order valence-corrected chi connectivity index (χ2v) is 7.01. The monoisotopic (exact) mass is 367 g/mol. The number of hydrogen-bond acceptors (Lipinski definition) is 5. The van der Waals surface area contributed by atoms with E-state index in [-0.39, 0.29) is 22.8 Å². The fraction of sp³-hybridized carbons (Fsp3) is 0.600. The zero-order chi connectivity index (χ0) is 15.5. The Kier molecular flexibility index (Phi) is 5.07. The van der Waals surface area contributed by atoms with Crippen LogP contribution in [0.15, 0.2) is 24.5 Å². The van der Waals surface area contributed by atoms with E-state index >= 15 is 0 Å². The number of amides is 1. The summed E-state index contributed by atoms with van der Waals surface area (Å²) in [6.45, 7) is 6.39. The average molecular weight is 368 g/mol. The van der Waals surface area contributed by atoms with Gasteiger partial charge in [0.25, 0.3) is 0 Å². The zero-order valence-corrected chi connectivity index (χ0v) is 14.3. The van der Waals surface area contributed by atoms with Crippen LogP contribution in [0.3, 0.4) is 0 Å². The Balaban J connectivity index is 1.50. The summed E-state index contributed by atoms with van der Waals surface area (Å²) in [5.74, 6) is 0.183. The number of carbonyl (C=O) groups is 1. The zero-order valence-electron chi connectivity index (χ0n) is 12.7. The highest BCUT2D eigenvalue weighted by molar-refractivity contribution is 9.09. The van der Waals surface area contributed by atoms with Crippen molar-refractivity contribution in [1.29, 1.82) is 0 Å². The molecule has 0 saturated carbocycles. The quantitative estimate of drug-likeness (QED) is 0.755. The average Bonchev–Trinajstić information content (AvgIpc) is 2.88. The first-order chi connectivity index (χ1) is 10.6.